The highest BCUT2D eigenvalue weighted by molar-refractivity contribution is 5.79. The van der Waals surface area contributed by atoms with Crippen LogP contribution in [0.2, 0.25) is 0 Å². The van der Waals surface area contributed by atoms with Crippen LogP contribution in [-0.4, -0.2) is 26.7 Å². The van der Waals surface area contributed by atoms with Crippen molar-refractivity contribution in [3.63, 3.8) is 0 Å². The third-order valence-electron chi connectivity index (χ3n) is 3.91. The van der Waals surface area contributed by atoms with Crippen molar-refractivity contribution in [1.82, 2.24) is 10.6 Å². The van der Waals surface area contributed by atoms with Gasteiger partial charge in [0, 0.05) is 20.1 Å². The van der Waals surface area contributed by atoms with E-state index >= 15 is 0 Å². The van der Waals surface area contributed by atoms with Crippen LogP contribution in [0.3, 0.4) is 0 Å². The van der Waals surface area contributed by atoms with Crippen molar-refractivity contribution in [2.24, 2.45) is 4.99 Å². The van der Waals surface area contributed by atoms with Gasteiger partial charge in [0.15, 0.2) is 17.5 Å². The van der Waals surface area contributed by atoms with Crippen molar-refractivity contribution in [1.29, 1.82) is 0 Å². The standard InChI is InChI=1S/C20H26FN3O2/c1-5-26-19-11-16(8-9-18(19)25-4)13-24-20(22-3)23-12-15-7-6-14(2)17(21)10-15/h6-11H,5,12-13H2,1-4H3,(H2,22,23,24). The van der Waals surface area contributed by atoms with Crippen LogP contribution < -0.4 is 20.1 Å². The van der Waals surface area contributed by atoms with Crippen LogP contribution in [0.25, 0.3) is 0 Å². The van der Waals surface area contributed by atoms with Crippen molar-refractivity contribution >= 4 is 5.96 Å². The molecular weight excluding hydrogens is 333 g/mol. The Morgan fingerprint density at radius 2 is 1.69 bits per heavy atom. The molecule has 0 atom stereocenters. The van der Waals surface area contributed by atoms with Gasteiger partial charge in [0.05, 0.1) is 13.7 Å². The Morgan fingerprint density at radius 1 is 1.04 bits per heavy atom. The molecule has 0 unspecified atom stereocenters. The molecule has 2 N–H and O–H groups in total. The van der Waals surface area contributed by atoms with Crippen LogP contribution >= 0.6 is 0 Å². The van der Waals surface area contributed by atoms with Gasteiger partial charge in [0.25, 0.3) is 0 Å². The molecule has 5 nitrogen and oxygen atoms in total. The number of ether oxygens (including phenoxy) is 2. The topological polar surface area (TPSA) is 54.9 Å². The normalized spacial score (nSPS) is 11.2. The van der Waals surface area contributed by atoms with Gasteiger partial charge in [-0.2, -0.15) is 0 Å². The van der Waals surface area contributed by atoms with E-state index in [9.17, 15) is 4.39 Å². The van der Waals surface area contributed by atoms with E-state index in [1.807, 2.05) is 31.2 Å². The lowest BCUT2D eigenvalue weighted by Crippen LogP contribution is -2.36. The Balaban J connectivity index is 1.94. The molecule has 0 aliphatic heterocycles. The van der Waals surface area contributed by atoms with Crippen LogP contribution in [0.15, 0.2) is 41.4 Å². The van der Waals surface area contributed by atoms with Crippen LogP contribution in [-0.2, 0) is 13.1 Å². The van der Waals surface area contributed by atoms with Crippen molar-refractivity contribution in [3.8, 4) is 11.5 Å². The van der Waals surface area contributed by atoms with Gasteiger partial charge in [-0.15, -0.1) is 0 Å². The zero-order valence-corrected chi connectivity index (χ0v) is 15.7. The summed E-state index contributed by atoms with van der Waals surface area (Å²) in [6.07, 6.45) is 0. The molecule has 26 heavy (non-hydrogen) atoms. The van der Waals surface area contributed by atoms with Gasteiger partial charge in [-0.1, -0.05) is 18.2 Å². The quantitative estimate of drug-likeness (QED) is 0.588. The molecule has 2 aromatic rings. The molecule has 0 saturated carbocycles. The molecule has 2 rings (SSSR count). The smallest absolute Gasteiger partial charge is 0.191 e. The minimum atomic E-state index is -0.200. The number of halogens is 1. The number of rotatable bonds is 7. The highest BCUT2D eigenvalue weighted by Crippen LogP contribution is 2.27. The third-order valence-corrected chi connectivity index (χ3v) is 3.91. The van der Waals surface area contributed by atoms with E-state index in [0.717, 1.165) is 11.1 Å². The summed E-state index contributed by atoms with van der Waals surface area (Å²) >= 11 is 0. The van der Waals surface area contributed by atoms with Gasteiger partial charge in [0.2, 0.25) is 0 Å². The summed E-state index contributed by atoms with van der Waals surface area (Å²) in [7, 11) is 3.32. The molecule has 140 valence electrons. The molecule has 0 aromatic heterocycles. The molecule has 0 aliphatic rings. The van der Waals surface area contributed by atoms with E-state index in [-0.39, 0.29) is 5.82 Å². The average molecular weight is 359 g/mol. The maximum atomic E-state index is 13.6. The number of nitrogens with zero attached hydrogens (tertiary/aromatic N) is 1. The van der Waals surface area contributed by atoms with Crippen molar-refractivity contribution < 1.29 is 13.9 Å². The minimum Gasteiger partial charge on any atom is -0.493 e. The molecule has 0 heterocycles. The van der Waals surface area contributed by atoms with Gasteiger partial charge < -0.3 is 20.1 Å². The summed E-state index contributed by atoms with van der Waals surface area (Å²) < 4.78 is 24.5. The highest BCUT2D eigenvalue weighted by atomic mass is 19.1. The van der Waals surface area contributed by atoms with Gasteiger partial charge in [-0.05, 0) is 48.7 Å². The third kappa shape index (κ3) is 5.37. The SMILES string of the molecule is CCOc1cc(CNC(=NC)NCc2ccc(C)c(F)c2)ccc1OC. The summed E-state index contributed by atoms with van der Waals surface area (Å²) in [6, 6.07) is 11.0. The summed E-state index contributed by atoms with van der Waals surface area (Å²) in [5.74, 6) is 1.86. The van der Waals surface area contributed by atoms with Crippen LogP contribution in [0.1, 0.15) is 23.6 Å². The Kier molecular flexibility index (Phi) is 7.26. The predicted molar refractivity (Wildman–Crippen MR) is 102 cm³/mol. The predicted octanol–water partition coefficient (Wildman–Crippen LogP) is 3.41. The molecule has 2 aromatic carbocycles. The lowest BCUT2D eigenvalue weighted by Gasteiger charge is -2.14. The van der Waals surface area contributed by atoms with E-state index in [1.165, 1.54) is 6.07 Å². The summed E-state index contributed by atoms with van der Waals surface area (Å²) in [4.78, 5) is 4.20. The largest absolute Gasteiger partial charge is 0.493 e. The summed E-state index contributed by atoms with van der Waals surface area (Å²) in [6.45, 7) is 5.32. The van der Waals surface area contributed by atoms with Gasteiger partial charge in [-0.3, -0.25) is 4.99 Å². The zero-order valence-electron chi connectivity index (χ0n) is 15.7. The molecule has 0 fully saturated rings. The molecule has 0 amide bonds. The average Bonchev–Trinajstić information content (AvgIpc) is 2.65. The maximum absolute atomic E-state index is 13.6. The molecule has 0 aliphatic carbocycles. The van der Waals surface area contributed by atoms with E-state index in [1.54, 1.807) is 27.1 Å². The number of benzene rings is 2. The lowest BCUT2D eigenvalue weighted by molar-refractivity contribution is 0.310. The first-order valence-electron chi connectivity index (χ1n) is 8.56. The van der Waals surface area contributed by atoms with E-state index < -0.39 is 0 Å². The Hall–Kier alpha value is -2.76. The van der Waals surface area contributed by atoms with Gasteiger partial charge >= 0.3 is 0 Å². The molecular formula is C20H26FN3O2. The Morgan fingerprint density at radius 3 is 2.27 bits per heavy atom. The van der Waals surface area contributed by atoms with Gasteiger partial charge in [0.1, 0.15) is 5.82 Å². The summed E-state index contributed by atoms with van der Waals surface area (Å²) in [5, 5.41) is 6.42. The minimum absolute atomic E-state index is 0.200. The number of hydrogen-bond donors (Lipinski definition) is 2. The fraction of sp³-hybridized carbons (Fsp3) is 0.350. The number of aliphatic imine (C=N–C) groups is 1. The number of aryl methyl sites for hydroxylation is 1. The zero-order chi connectivity index (χ0) is 18.9. The first-order chi connectivity index (χ1) is 12.6. The number of hydrogen-bond acceptors (Lipinski definition) is 3. The molecule has 6 heteroatoms. The van der Waals surface area contributed by atoms with Gasteiger partial charge in [-0.25, -0.2) is 4.39 Å². The second kappa shape index (κ2) is 9.65. The van der Waals surface area contributed by atoms with Crippen LogP contribution in [0, 0.1) is 12.7 Å². The fourth-order valence-electron chi connectivity index (χ4n) is 2.44. The maximum Gasteiger partial charge on any atom is 0.191 e. The second-order valence-electron chi connectivity index (χ2n) is 5.78. The number of nitrogens with one attached hydrogen (secondary N) is 2. The number of guanidine groups is 1. The first kappa shape index (κ1) is 19.6. The van der Waals surface area contributed by atoms with Crippen LogP contribution in [0.5, 0.6) is 11.5 Å². The monoisotopic (exact) mass is 359 g/mol. The lowest BCUT2D eigenvalue weighted by atomic mass is 10.1. The Labute approximate surface area is 154 Å². The second-order valence-corrected chi connectivity index (χ2v) is 5.78. The number of methoxy groups -OCH3 is 1. The van der Waals surface area contributed by atoms with Crippen molar-refractivity contribution in [2.75, 3.05) is 20.8 Å². The highest BCUT2D eigenvalue weighted by Gasteiger charge is 2.06. The molecule has 0 bridgehead atoms. The van der Waals surface area contributed by atoms with Crippen LogP contribution in [0.4, 0.5) is 4.39 Å². The van der Waals surface area contributed by atoms with E-state index in [2.05, 4.69) is 15.6 Å². The van der Waals surface area contributed by atoms with Crippen molar-refractivity contribution in [3.05, 3.63) is 58.9 Å². The van der Waals surface area contributed by atoms with Crippen molar-refractivity contribution in [2.45, 2.75) is 26.9 Å². The molecule has 0 saturated heterocycles. The first-order valence-corrected chi connectivity index (χ1v) is 8.56. The molecule has 0 spiro atoms. The van der Waals surface area contributed by atoms with E-state index in [4.69, 9.17) is 9.47 Å². The van der Waals surface area contributed by atoms with E-state index in [0.29, 0.717) is 42.7 Å². The fourth-order valence-corrected chi connectivity index (χ4v) is 2.44. The molecule has 0 radical (unpaired) electrons. The summed E-state index contributed by atoms with van der Waals surface area (Å²) in [5.41, 5.74) is 2.54. The Bertz CT molecular complexity index is 763.